The third-order valence-electron chi connectivity index (χ3n) is 2.54. The van der Waals surface area contributed by atoms with E-state index in [1.165, 1.54) is 10.9 Å². The van der Waals surface area contributed by atoms with Crippen LogP contribution in [0.4, 0.5) is 0 Å². The number of aromatic carboxylic acids is 1. The number of aromatic nitrogens is 5. The van der Waals surface area contributed by atoms with Gasteiger partial charge in [-0.2, -0.15) is 0 Å². The van der Waals surface area contributed by atoms with Crippen LogP contribution in [0.2, 0.25) is 0 Å². The minimum atomic E-state index is -1.13. The van der Waals surface area contributed by atoms with E-state index in [4.69, 9.17) is 9.52 Å². The zero-order valence-corrected chi connectivity index (χ0v) is 10.2. The Labute approximate surface area is 112 Å². The highest BCUT2D eigenvalue weighted by atomic mass is 16.4. The number of hydrogen-bond acceptors (Lipinski definition) is 6. The van der Waals surface area contributed by atoms with Gasteiger partial charge in [-0.1, -0.05) is 23.4 Å². The van der Waals surface area contributed by atoms with Crippen LogP contribution in [0.3, 0.4) is 0 Å². The number of carbonyl (C=O) groups is 1. The summed E-state index contributed by atoms with van der Waals surface area (Å²) in [5, 5.41) is 23.7. The second-order valence-corrected chi connectivity index (χ2v) is 3.97. The Hall–Kier alpha value is -3.03. The Bertz CT molecular complexity index is 734. The molecule has 8 heteroatoms. The topological polar surface area (TPSA) is 107 Å². The summed E-state index contributed by atoms with van der Waals surface area (Å²) in [6, 6.07) is 9.35. The summed E-state index contributed by atoms with van der Waals surface area (Å²) in [7, 11) is 0. The fourth-order valence-corrected chi connectivity index (χ4v) is 1.63. The smallest absolute Gasteiger partial charge is 0.358 e. The summed E-state index contributed by atoms with van der Waals surface area (Å²) in [6.07, 6.45) is 1.30. The lowest BCUT2D eigenvalue weighted by molar-refractivity contribution is 0.0690. The van der Waals surface area contributed by atoms with Crippen molar-refractivity contribution in [1.29, 1.82) is 0 Å². The fraction of sp³-hybridized carbons (Fsp3) is 0.0833. The fourth-order valence-electron chi connectivity index (χ4n) is 1.63. The molecule has 0 aliphatic carbocycles. The molecule has 100 valence electrons. The third kappa shape index (κ3) is 2.39. The monoisotopic (exact) mass is 271 g/mol. The first-order valence-corrected chi connectivity index (χ1v) is 5.73. The predicted molar refractivity (Wildman–Crippen MR) is 65.8 cm³/mol. The molecule has 0 aliphatic heterocycles. The van der Waals surface area contributed by atoms with Gasteiger partial charge >= 0.3 is 5.97 Å². The van der Waals surface area contributed by atoms with Gasteiger partial charge < -0.3 is 9.52 Å². The van der Waals surface area contributed by atoms with Crippen LogP contribution in [0.15, 0.2) is 40.9 Å². The van der Waals surface area contributed by atoms with Crippen molar-refractivity contribution in [3.63, 3.8) is 0 Å². The van der Waals surface area contributed by atoms with Gasteiger partial charge in [0.15, 0.2) is 5.69 Å². The maximum Gasteiger partial charge on any atom is 0.358 e. The number of rotatable bonds is 4. The van der Waals surface area contributed by atoms with E-state index >= 15 is 0 Å². The predicted octanol–water partition coefficient (Wildman–Crippen LogP) is 1.07. The van der Waals surface area contributed by atoms with Crippen molar-refractivity contribution in [2.45, 2.75) is 6.54 Å². The van der Waals surface area contributed by atoms with E-state index in [1.54, 1.807) is 0 Å². The molecule has 0 atom stereocenters. The molecule has 0 radical (unpaired) electrons. The Morgan fingerprint density at radius 2 is 2.00 bits per heavy atom. The normalized spacial score (nSPS) is 10.6. The van der Waals surface area contributed by atoms with Crippen LogP contribution in [0, 0.1) is 0 Å². The first-order chi connectivity index (χ1) is 9.72. The molecular weight excluding hydrogens is 262 g/mol. The highest BCUT2D eigenvalue weighted by Crippen LogP contribution is 2.17. The minimum absolute atomic E-state index is 0.132. The summed E-state index contributed by atoms with van der Waals surface area (Å²) < 4.78 is 6.81. The average Bonchev–Trinajstić information content (AvgIpc) is 3.10. The van der Waals surface area contributed by atoms with Crippen LogP contribution in [-0.4, -0.2) is 36.3 Å². The molecule has 0 aliphatic rings. The second-order valence-electron chi connectivity index (χ2n) is 3.97. The maximum atomic E-state index is 10.7. The molecule has 0 spiro atoms. The second kappa shape index (κ2) is 4.92. The van der Waals surface area contributed by atoms with Crippen LogP contribution < -0.4 is 0 Å². The van der Waals surface area contributed by atoms with Gasteiger partial charge in [-0.25, -0.2) is 9.48 Å². The summed E-state index contributed by atoms with van der Waals surface area (Å²) in [4.78, 5) is 10.7. The van der Waals surface area contributed by atoms with Gasteiger partial charge in [-0.05, 0) is 12.1 Å². The lowest BCUT2D eigenvalue weighted by Crippen LogP contribution is -2.00. The van der Waals surface area contributed by atoms with E-state index in [2.05, 4.69) is 20.5 Å². The molecular formula is C12H9N5O3. The lowest BCUT2D eigenvalue weighted by Gasteiger charge is -1.94. The molecule has 2 aromatic heterocycles. The van der Waals surface area contributed by atoms with Crippen LogP contribution in [0.5, 0.6) is 0 Å². The van der Waals surface area contributed by atoms with E-state index in [0.29, 0.717) is 11.8 Å². The molecule has 20 heavy (non-hydrogen) atoms. The van der Waals surface area contributed by atoms with Crippen molar-refractivity contribution >= 4 is 5.97 Å². The van der Waals surface area contributed by atoms with Crippen molar-refractivity contribution in [3.05, 3.63) is 48.1 Å². The number of benzene rings is 1. The van der Waals surface area contributed by atoms with Gasteiger partial charge in [-0.15, -0.1) is 15.3 Å². The average molecular weight is 271 g/mol. The van der Waals surface area contributed by atoms with Gasteiger partial charge in [0.25, 0.3) is 0 Å². The van der Waals surface area contributed by atoms with Crippen LogP contribution >= 0.6 is 0 Å². The zero-order chi connectivity index (χ0) is 13.9. The summed E-state index contributed by atoms with van der Waals surface area (Å²) in [5.74, 6) is -0.406. The van der Waals surface area contributed by atoms with Crippen LogP contribution in [0.1, 0.15) is 16.4 Å². The Morgan fingerprint density at radius 1 is 1.20 bits per heavy atom. The van der Waals surface area contributed by atoms with Gasteiger partial charge in [0, 0.05) is 5.56 Å². The third-order valence-corrected chi connectivity index (χ3v) is 2.54. The van der Waals surface area contributed by atoms with Gasteiger partial charge in [-0.3, -0.25) is 0 Å². The number of nitrogens with zero attached hydrogens (tertiary/aromatic N) is 5. The maximum absolute atomic E-state index is 10.7. The molecule has 2 heterocycles. The highest BCUT2D eigenvalue weighted by molar-refractivity contribution is 5.84. The Balaban J connectivity index is 1.78. The molecule has 1 aromatic carbocycles. The summed E-state index contributed by atoms with van der Waals surface area (Å²) >= 11 is 0. The molecule has 3 rings (SSSR count). The SMILES string of the molecule is O=C(O)c1cn(Cc2nnc(-c3ccccc3)o2)nn1. The van der Waals surface area contributed by atoms with E-state index in [9.17, 15) is 4.79 Å². The standard InChI is InChI=1S/C12H9N5O3/c18-12(19)9-6-17(16-13-9)7-10-14-15-11(20-10)8-4-2-1-3-5-8/h1-6H,7H2,(H,18,19). The first-order valence-electron chi connectivity index (χ1n) is 5.73. The van der Waals surface area contributed by atoms with E-state index in [1.807, 2.05) is 30.3 Å². The minimum Gasteiger partial charge on any atom is -0.476 e. The Kier molecular flexibility index (Phi) is 2.96. The van der Waals surface area contributed by atoms with Crippen molar-refractivity contribution in [1.82, 2.24) is 25.2 Å². The van der Waals surface area contributed by atoms with E-state index in [-0.39, 0.29) is 12.2 Å². The van der Waals surface area contributed by atoms with Gasteiger partial charge in [0.2, 0.25) is 11.8 Å². The Morgan fingerprint density at radius 3 is 2.70 bits per heavy atom. The van der Waals surface area contributed by atoms with E-state index < -0.39 is 5.97 Å². The van der Waals surface area contributed by atoms with Gasteiger partial charge in [0.1, 0.15) is 6.54 Å². The summed E-state index contributed by atoms with van der Waals surface area (Å²) in [6.45, 7) is 0.167. The first kappa shape index (κ1) is 12.0. The quantitative estimate of drug-likeness (QED) is 0.756. The van der Waals surface area contributed by atoms with Crippen LogP contribution in [-0.2, 0) is 6.54 Å². The molecule has 1 N–H and O–H groups in total. The molecule has 0 unspecified atom stereocenters. The molecule has 3 aromatic rings. The number of hydrogen-bond donors (Lipinski definition) is 1. The molecule has 0 fully saturated rings. The number of carboxylic acids is 1. The van der Waals surface area contributed by atoms with Crippen molar-refractivity contribution in [3.8, 4) is 11.5 Å². The molecule has 0 amide bonds. The van der Waals surface area contributed by atoms with Crippen molar-refractivity contribution in [2.24, 2.45) is 0 Å². The molecule has 0 saturated carbocycles. The largest absolute Gasteiger partial charge is 0.476 e. The lowest BCUT2D eigenvalue weighted by atomic mass is 10.2. The summed E-state index contributed by atoms with van der Waals surface area (Å²) in [5.41, 5.74) is 0.684. The van der Waals surface area contributed by atoms with Gasteiger partial charge in [0.05, 0.1) is 6.20 Å². The zero-order valence-electron chi connectivity index (χ0n) is 10.2. The number of carboxylic acid groups (broad SMARTS) is 1. The van der Waals surface area contributed by atoms with Crippen molar-refractivity contribution < 1.29 is 14.3 Å². The van der Waals surface area contributed by atoms with Crippen LogP contribution in [0.25, 0.3) is 11.5 Å². The molecule has 0 saturated heterocycles. The highest BCUT2D eigenvalue weighted by Gasteiger charge is 2.12. The van der Waals surface area contributed by atoms with Crippen molar-refractivity contribution in [2.75, 3.05) is 0 Å². The molecule has 8 nitrogen and oxygen atoms in total. The molecule has 0 bridgehead atoms. The van der Waals surface area contributed by atoms with E-state index in [0.717, 1.165) is 5.56 Å².